The summed E-state index contributed by atoms with van der Waals surface area (Å²) < 4.78 is 2.26. The molecule has 0 bridgehead atoms. The Morgan fingerprint density at radius 2 is 2.00 bits per heavy atom. The molecule has 1 aliphatic carbocycles. The van der Waals surface area contributed by atoms with Gasteiger partial charge in [0, 0.05) is 24.2 Å². The van der Waals surface area contributed by atoms with E-state index in [1.54, 1.807) is 0 Å². The number of fused-ring (bicyclic) bond motifs is 5. The number of aryl methyl sites for hydroxylation is 1. The lowest BCUT2D eigenvalue weighted by molar-refractivity contribution is 0.0904. The van der Waals surface area contributed by atoms with Gasteiger partial charge in [0.2, 0.25) is 0 Å². The molecule has 0 spiro atoms. The van der Waals surface area contributed by atoms with Gasteiger partial charge >= 0.3 is 0 Å². The number of carbonyl (C=O) groups excluding carboxylic acids is 1. The molecule has 1 aliphatic heterocycles. The van der Waals surface area contributed by atoms with E-state index >= 15 is 0 Å². The van der Waals surface area contributed by atoms with Crippen LogP contribution in [0.3, 0.4) is 0 Å². The van der Waals surface area contributed by atoms with Crippen LogP contribution in [0.15, 0.2) is 35.5 Å². The summed E-state index contributed by atoms with van der Waals surface area (Å²) in [7, 11) is 0. The number of pyridine rings is 1. The fourth-order valence-electron chi connectivity index (χ4n) is 4.01. The highest BCUT2D eigenvalue weighted by Crippen LogP contribution is 2.37. The SMILES string of the molecule is CC1(C)CC(=O)c2c(n3c(c/c2=N/O)-c2ccccc2CC3)C1. The Kier molecular flexibility index (Phi) is 2.98. The van der Waals surface area contributed by atoms with Gasteiger partial charge < -0.3 is 9.77 Å². The highest BCUT2D eigenvalue weighted by atomic mass is 16.4. The molecular formula is C19H20N2O2. The van der Waals surface area contributed by atoms with Crippen molar-refractivity contribution in [1.29, 1.82) is 0 Å². The molecule has 2 aliphatic rings. The fraction of sp³-hybridized carbons (Fsp3) is 0.368. The molecule has 1 aromatic carbocycles. The summed E-state index contributed by atoms with van der Waals surface area (Å²) in [5.74, 6) is 0.0817. The van der Waals surface area contributed by atoms with E-state index in [2.05, 4.69) is 41.8 Å². The molecule has 0 amide bonds. The average molecular weight is 308 g/mol. The normalized spacial score (nSPS) is 19.0. The number of aromatic nitrogens is 1. The van der Waals surface area contributed by atoms with Gasteiger partial charge in [0.15, 0.2) is 5.78 Å². The van der Waals surface area contributed by atoms with E-state index in [1.807, 2.05) is 12.1 Å². The van der Waals surface area contributed by atoms with Crippen molar-refractivity contribution in [2.75, 3.05) is 0 Å². The van der Waals surface area contributed by atoms with E-state index in [4.69, 9.17) is 0 Å². The smallest absolute Gasteiger partial charge is 0.167 e. The first kappa shape index (κ1) is 14.2. The van der Waals surface area contributed by atoms with Crippen molar-refractivity contribution in [3.8, 4) is 11.3 Å². The summed E-state index contributed by atoms with van der Waals surface area (Å²) in [5.41, 5.74) is 5.08. The molecule has 23 heavy (non-hydrogen) atoms. The highest BCUT2D eigenvalue weighted by Gasteiger charge is 2.35. The first-order valence-corrected chi connectivity index (χ1v) is 8.06. The summed E-state index contributed by atoms with van der Waals surface area (Å²) in [6, 6.07) is 10.2. The molecule has 0 atom stereocenters. The Labute approximate surface area is 135 Å². The number of nitrogens with zero attached hydrogens (tertiary/aromatic N) is 2. The summed E-state index contributed by atoms with van der Waals surface area (Å²) in [4.78, 5) is 12.6. The summed E-state index contributed by atoms with van der Waals surface area (Å²) in [5, 5.41) is 13.3. The Morgan fingerprint density at radius 1 is 1.22 bits per heavy atom. The summed E-state index contributed by atoms with van der Waals surface area (Å²) >= 11 is 0. The van der Waals surface area contributed by atoms with Gasteiger partial charge in [-0.3, -0.25) is 4.79 Å². The van der Waals surface area contributed by atoms with Crippen molar-refractivity contribution in [2.24, 2.45) is 10.6 Å². The molecule has 0 radical (unpaired) electrons. The molecule has 0 saturated heterocycles. The number of benzene rings is 1. The van der Waals surface area contributed by atoms with E-state index in [1.165, 1.54) is 11.1 Å². The lowest BCUT2D eigenvalue weighted by Crippen LogP contribution is -2.36. The van der Waals surface area contributed by atoms with E-state index in [-0.39, 0.29) is 11.2 Å². The van der Waals surface area contributed by atoms with Crippen molar-refractivity contribution in [3.05, 3.63) is 52.5 Å². The second-order valence-electron chi connectivity index (χ2n) is 7.34. The lowest BCUT2D eigenvalue weighted by Gasteiger charge is -2.35. The van der Waals surface area contributed by atoms with Crippen LogP contribution in [0.1, 0.15) is 41.9 Å². The van der Waals surface area contributed by atoms with Crippen molar-refractivity contribution in [2.45, 2.75) is 39.7 Å². The Morgan fingerprint density at radius 3 is 2.78 bits per heavy atom. The molecule has 0 fully saturated rings. The molecule has 4 rings (SSSR count). The van der Waals surface area contributed by atoms with Crippen molar-refractivity contribution < 1.29 is 10.0 Å². The molecule has 1 N–H and O–H groups in total. The van der Waals surface area contributed by atoms with E-state index < -0.39 is 0 Å². The van der Waals surface area contributed by atoms with Crippen LogP contribution in [0.4, 0.5) is 0 Å². The molecule has 4 heteroatoms. The predicted octanol–water partition coefficient (Wildman–Crippen LogP) is 3.16. The number of hydrogen-bond donors (Lipinski definition) is 1. The lowest BCUT2D eigenvalue weighted by atomic mass is 9.75. The van der Waals surface area contributed by atoms with E-state index in [0.717, 1.165) is 30.8 Å². The van der Waals surface area contributed by atoms with E-state index in [9.17, 15) is 10.0 Å². The van der Waals surface area contributed by atoms with Gasteiger partial charge in [-0.1, -0.05) is 43.3 Å². The standard InChI is InChI=1S/C19H20N2O2/c1-19(2)10-16-18(17(22)11-19)14(20-23)9-15-13-6-4-3-5-12(13)7-8-21(15)16/h3-6,9,23H,7-8,10-11H2,1-2H3/b20-14-. The zero-order chi connectivity index (χ0) is 16.2. The topological polar surface area (TPSA) is 54.6 Å². The summed E-state index contributed by atoms with van der Waals surface area (Å²) in [6.45, 7) is 5.12. The summed E-state index contributed by atoms with van der Waals surface area (Å²) in [6.07, 6.45) is 2.29. The Bertz CT molecular complexity index is 891. The molecule has 1 aromatic heterocycles. The minimum Gasteiger partial charge on any atom is -0.410 e. The second-order valence-corrected chi connectivity index (χ2v) is 7.34. The minimum absolute atomic E-state index is 0.0596. The third-order valence-corrected chi connectivity index (χ3v) is 5.00. The molecule has 0 saturated carbocycles. The molecule has 118 valence electrons. The van der Waals surface area contributed by atoms with E-state index in [0.29, 0.717) is 17.3 Å². The zero-order valence-corrected chi connectivity index (χ0v) is 13.5. The highest BCUT2D eigenvalue weighted by molar-refractivity contribution is 5.99. The van der Waals surface area contributed by atoms with Crippen LogP contribution >= 0.6 is 0 Å². The molecular weight excluding hydrogens is 288 g/mol. The van der Waals surface area contributed by atoms with Crippen LogP contribution in [0, 0.1) is 5.41 Å². The zero-order valence-electron chi connectivity index (χ0n) is 13.5. The van der Waals surface area contributed by atoms with Crippen LogP contribution in [0.25, 0.3) is 11.3 Å². The Hall–Kier alpha value is -2.36. The maximum Gasteiger partial charge on any atom is 0.167 e. The van der Waals surface area contributed by atoms with Gasteiger partial charge in [0.1, 0.15) is 5.36 Å². The molecule has 4 nitrogen and oxygen atoms in total. The van der Waals surface area contributed by atoms with Crippen LogP contribution in [-0.2, 0) is 19.4 Å². The quantitative estimate of drug-likeness (QED) is 0.600. The number of ketones is 1. The van der Waals surface area contributed by atoms with Gasteiger partial charge in [0.25, 0.3) is 0 Å². The van der Waals surface area contributed by atoms with Gasteiger partial charge in [-0.25, -0.2) is 0 Å². The number of rotatable bonds is 0. The number of hydrogen-bond acceptors (Lipinski definition) is 3. The van der Waals surface area contributed by atoms with Crippen LogP contribution in [-0.4, -0.2) is 15.6 Å². The van der Waals surface area contributed by atoms with Crippen molar-refractivity contribution in [1.82, 2.24) is 4.57 Å². The Balaban J connectivity index is 2.06. The second kappa shape index (κ2) is 4.82. The monoisotopic (exact) mass is 308 g/mol. The fourth-order valence-corrected chi connectivity index (χ4v) is 4.01. The van der Waals surface area contributed by atoms with Crippen molar-refractivity contribution >= 4 is 5.78 Å². The van der Waals surface area contributed by atoms with Gasteiger partial charge in [0.05, 0.1) is 11.3 Å². The van der Waals surface area contributed by atoms with Crippen LogP contribution in [0.5, 0.6) is 0 Å². The van der Waals surface area contributed by atoms with Crippen LogP contribution in [0.2, 0.25) is 0 Å². The molecule has 0 unspecified atom stereocenters. The maximum atomic E-state index is 12.6. The number of Topliss-reactive ketones (excluding diaryl/α,β-unsaturated/α-hetero) is 1. The van der Waals surface area contributed by atoms with Crippen molar-refractivity contribution in [3.63, 3.8) is 0 Å². The third kappa shape index (κ3) is 2.12. The third-order valence-electron chi connectivity index (χ3n) is 5.00. The molecule has 2 heterocycles. The van der Waals surface area contributed by atoms with Gasteiger partial charge in [-0.05, 0) is 29.9 Å². The first-order chi connectivity index (χ1) is 11.0. The van der Waals surface area contributed by atoms with Gasteiger partial charge in [-0.2, -0.15) is 0 Å². The average Bonchev–Trinajstić information content (AvgIpc) is 2.52. The predicted molar refractivity (Wildman–Crippen MR) is 87.4 cm³/mol. The largest absolute Gasteiger partial charge is 0.410 e. The van der Waals surface area contributed by atoms with Crippen LogP contribution < -0.4 is 5.36 Å². The minimum atomic E-state index is -0.0596. The first-order valence-electron chi connectivity index (χ1n) is 8.06. The van der Waals surface area contributed by atoms with Gasteiger partial charge in [-0.15, -0.1) is 0 Å². The maximum absolute atomic E-state index is 12.6. The molecule has 2 aromatic rings. The number of carbonyl (C=O) groups is 1.